The van der Waals surface area contributed by atoms with Crippen LogP contribution in [0.5, 0.6) is 0 Å². The summed E-state index contributed by atoms with van der Waals surface area (Å²) >= 11 is 5.83. The molecule has 2 unspecified atom stereocenters. The van der Waals surface area contributed by atoms with E-state index < -0.39 is 0 Å². The number of hydrogen-bond acceptors (Lipinski definition) is 2. The van der Waals surface area contributed by atoms with E-state index in [0.29, 0.717) is 12.0 Å². The molecular formula is C12H23ClN2. The Kier molecular flexibility index (Phi) is 5.65. The van der Waals surface area contributed by atoms with Crippen molar-refractivity contribution >= 4 is 11.6 Å². The fraction of sp³-hybridized carbons (Fsp3) is 0.833. The van der Waals surface area contributed by atoms with Crippen LogP contribution in [0.25, 0.3) is 0 Å². The maximum absolute atomic E-state index is 5.83. The molecule has 0 spiro atoms. The van der Waals surface area contributed by atoms with Crippen molar-refractivity contribution in [2.45, 2.75) is 32.7 Å². The van der Waals surface area contributed by atoms with Gasteiger partial charge in [0.05, 0.1) is 0 Å². The standard InChI is InChI=1S/C12H23ClN2/c1-4-6-14-12-5-7-15(8-10(12)2)9-11(3)13/h10,12,14H,3-9H2,1-2H3. The van der Waals surface area contributed by atoms with Crippen LogP contribution in [0.15, 0.2) is 11.6 Å². The van der Waals surface area contributed by atoms with E-state index in [9.17, 15) is 0 Å². The number of nitrogens with one attached hydrogen (secondary N) is 1. The van der Waals surface area contributed by atoms with Crippen molar-refractivity contribution in [3.8, 4) is 0 Å². The van der Waals surface area contributed by atoms with Gasteiger partial charge in [0.15, 0.2) is 0 Å². The van der Waals surface area contributed by atoms with Crippen LogP contribution in [0.3, 0.4) is 0 Å². The molecule has 0 aromatic carbocycles. The van der Waals surface area contributed by atoms with Gasteiger partial charge in [-0.3, -0.25) is 4.90 Å². The molecule has 0 bridgehead atoms. The molecule has 0 saturated carbocycles. The lowest BCUT2D eigenvalue weighted by Gasteiger charge is -2.37. The highest BCUT2D eigenvalue weighted by molar-refractivity contribution is 6.29. The summed E-state index contributed by atoms with van der Waals surface area (Å²) in [6.45, 7) is 12.5. The van der Waals surface area contributed by atoms with Gasteiger partial charge in [-0.2, -0.15) is 0 Å². The van der Waals surface area contributed by atoms with Gasteiger partial charge in [-0.15, -0.1) is 0 Å². The summed E-state index contributed by atoms with van der Waals surface area (Å²) in [5.41, 5.74) is 0. The van der Waals surface area contributed by atoms with Gasteiger partial charge < -0.3 is 5.32 Å². The zero-order valence-electron chi connectivity index (χ0n) is 9.93. The first-order chi connectivity index (χ1) is 7.13. The first-order valence-corrected chi connectivity index (χ1v) is 6.30. The van der Waals surface area contributed by atoms with E-state index in [4.69, 9.17) is 11.6 Å². The van der Waals surface area contributed by atoms with Crippen LogP contribution >= 0.6 is 11.6 Å². The molecule has 1 fully saturated rings. The molecule has 2 atom stereocenters. The molecule has 1 aliphatic rings. The van der Waals surface area contributed by atoms with Gasteiger partial charge in [0, 0.05) is 30.7 Å². The Hall–Kier alpha value is -0.0500. The van der Waals surface area contributed by atoms with Crippen LogP contribution in [0.4, 0.5) is 0 Å². The van der Waals surface area contributed by atoms with Gasteiger partial charge in [0.1, 0.15) is 0 Å². The van der Waals surface area contributed by atoms with Crippen LogP contribution in [0, 0.1) is 5.92 Å². The molecule has 15 heavy (non-hydrogen) atoms. The smallest absolute Gasteiger partial charge is 0.0335 e. The van der Waals surface area contributed by atoms with E-state index in [1.165, 1.54) is 12.8 Å². The summed E-state index contributed by atoms with van der Waals surface area (Å²) in [5.74, 6) is 0.710. The second kappa shape index (κ2) is 6.51. The zero-order valence-corrected chi connectivity index (χ0v) is 10.7. The molecule has 1 aliphatic heterocycles. The lowest BCUT2D eigenvalue weighted by Crippen LogP contribution is -2.48. The minimum atomic E-state index is 0.685. The maximum Gasteiger partial charge on any atom is 0.0335 e. The summed E-state index contributed by atoms with van der Waals surface area (Å²) in [4.78, 5) is 2.39. The summed E-state index contributed by atoms with van der Waals surface area (Å²) < 4.78 is 0. The Labute approximate surface area is 98.7 Å². The third-order valence-electron chi connectivity index (χ3n) is 3.04. The third-order valence-corrected chi connectivity index (χ3v) is 3.16. The number of rotatable bonds is 5. The quantitative estimate of drug-likeness (QED) is 0.781. The van der Waals surface area contributed by atoms with E-state index >= 15 is 0 Å². The van der Waals surface area contributed by atoms with Crippen molar-refractivity contribution in [1.29, 1.82) is 0 Å². The first-order valence-electron chi connectivity index (χ1n) is 5.92. The van der Waals surface area contributed by atoms with E-state index in [-0.39, 0.29) is 0 Å². The van der Waals surface area contributed by atoms with Crippen LogP contribution in [0.1, 0.15) is 26.7 Å². The molecule has 1 N–H and O–H groups in total. The summed E-state index contributed by atoms with van der Waals surface area (Å²) in [6, 6.07) is 0.685. The SMILES string of the molecule is C=C(Cl)CN1CCC(NCCC)C(C)C1. The number of piperidine rings is 1. The van der Waals surface area contributed by atoms with E-state index in [0.717, 1.165) is 31.2 Å². The highest BCUT2D eigenvalue weighted by atomic mass is 35.5. The molecule has 88 valence electrons. The average molecular weight is 231 g/mol. The van der Waals surface area contributed by atoms with Crippen molar-refractivity contribution < 1.29 is 0 Å². The lowest BCUT2D eigenvalue weighted by atomic mass is 9.94. The molecule has 3 heteroatoms. The second-order valence-corrected chi connectivity index (χ2v) is 5.11. The highest BCUT2D eigenvalue weighted by Crippen LogP contribution is 2.18. The van der Waals surface area contributed by atoms with Crippen LogP contribution in [-0.4, -0.2) is 37.1 Å². The van der Waals surface area contributed by atoms with Gasteiger partial charge in [0.2, 0.25) is 0 Å². The van der Waals surface area contributed by atoms with Crippen LogP contribution in [0.2, 0.25) is 0 Å². The fourth-order valence-corrected chi connectivity index (χ4v) is 2.42. The largest absolute Gasteiger partial charge is 0.314 e. The Morgan fingerprint density at radius 3 is 2.87 bits per heavy atom. The highest BCUT2D eigenvalue weighted by Gasteiger charge is 2.25. The predicted molar refractivity (Wildman–Crippen MR) is 67.3 cm³/mol. The third kappa shape index (κ3) is 4.54. The predicted octanol–water partition coefficient (Wildman–Crippen LogP) is 2.45. The molecule has 2 nitrogen and oxygen atoms in total. The number of nitrogens with zero attached hydrogens (tertiary/aromatic N) is 1. The zero-order chi connectivity index (χ0) is 11.3. The summed E-state index contributed by atoms with van der Waals surface area (Å²) in [6.07, 6.45) is 2.44. The minimum absolute atomic E-state index is 0.685. The van der Waals surface area contributed by atoms with Crippen molar-refractivity contribution in [2.24, 2.45) is 5.92 Å². The van der Waals surface area contributed by atoms with Gasteiger partial charge >= 0.3 is 0 Å². The number of likely N-dealkylation sites (tertiary alicyclic amines) is 1. The van der Waals surface area contributed by atoms with Gasteiger partial charge in [-0.05, 0) is 25.3 Å². The van der Waals surface area contributed by atoms with Crippen molar-refractivity contribution in [1.82, 2.24) is 10.2 Å². The number of halogens is 1. The molecule has 1 saturated heterocycles. The van der Waals surface area contributed by atoms with Crippen molar-refractivity contribution in [2.75, 3.05) is 26.2 Å². The molecule has 0 amide bonds. The van der Waals surface area contributed by atoms with Crippen LogP contribution < -0.4 is 5.32 Å². The molecule has 1 rings (SSSR count). The Balaban J connectivity index is 2.30. The maximum atomic E-state index is 5.83. The van der Waals surface area contributed by atoms with Crippen molar-refractivity contribution in [3.05, 3.63) is 11.6 Å². The Morgan fingerprint density at radius 2 is 2.33 bits per heavy atom. The van der Waals surface area contributed by atoms with E-state index in [1.807, 2.05) is 0 Å². The Bertz CT molecular complexity index is 206. The Morgan fingerprint density at radius 1 is 1.60 bits per heavy atom. The lowest BCUT2D eigenvalue weighted by molar-refractivity contribution is 0.159. The monoisotopic (exact) mass is 230 g/mol. The van der Waals surface area contributed by atoms with Gasteiger partial charge in [-0.1, -0.05) is 32.0 Å². The molecule has 0 aromatic heterocycles. The average Bonchev–Trinajstić information content (AvgIpc) is 2.15. The van der Waals surface area contributed by atoms with E-state index in [2.05, 4.69) is 30.6 Å². The topological polar surface area (TPSA) is 15.3 Å². The molecule has 1 heterocycles. The molecule has 0 aliphatic carbocycles. The van der Waals surface area contributed by atoms with Crippen LogP contribution in [-0.2, 0) is 0 Å². The summed E-state index contributed by atoms with van der Waals surface area (Å²) in [7, 11) is 0. The van der Waals surface area contributed by atoms with Crippen molar-refractivity contribution in [3.63, 3.8) is 0 Å². The number of hydrogen-bond donors (Lipinski definition) is 1. The van der Waals surface area contributed by atoms with E-state index in [1.54, 1.807) is 0 Å². The van der Waals surface area contributed by atoms with Gasteiger partial charge in [-0.25, -0.2) is 0 Å². The fourth-order valence-electron chi connectivity index (χ4n) is 2.25. The minimum Gasteiger partial charge on any atom is -0.314 e. The molecule has 0 aromatic rings. The second-order valence-electron chi connectivity index (χ2n) is 4.58. The van der Waals surface area contributed by atoms with Gasteiger partial charge in [0.25, 0.3) is 0 Å². The summed E-state index contributed by atoms with van der Waals surface area (Å²) in [5, 5.41) is 4.36. The molecule has 0 radical (unpaired) electrons. The first kappa shape index (κ1) is 13.0. The normalized spacial score (nSPS) is 27.9. The molecular weight excluding hydrogens is 208 g/mol.